The SMILES string of the molecule is O=C(Nc1ccc2c(c1)OCCO2)c1cc(Cl)c(Cl)s1. The number of nitrogens with one attached hydrogen (secondary N) is 1. The van der Waals surface area contributed by atoms with Crippen molar-refractivity contribution in [1.29, 1.82) is 0 Å². The summed E-state index contributed by atoms with van der Waals surface area (Å²) in [5.74, 6) is 1.04. The van der Waals surface area contributed by atoms with Crippen molar-refractivity contribution in [1.82, 2.24) is 0 Å². The van der Waals surface area contributed by atoms with Gasteiger partial charge in [0.25, 0.3) is 5.91 Å². The normalized spacial score (nSPS) is 13.1. The summed E-state index contributed by atoms with van der Waals surface area (Å²) in [6.45, 7) is 1.03. The van der Waals surface area contributed by atoms with E-state index in [9.17, 15) is 4.79 Å². The molecular weight excluding hydrogens is 321 g/mol. The van der Waals surface area contributed by atoms with Crippen molar-refractivity contribution in [2.75, 3.05) is 18.5 Å². The molecule has 0 radical (unpaired) electrons. The minimum atomic E-state index is -0.263. The van der Waals surface area contributed by atoms with Crippen LogP contribution in [0.3, 0.4) is 0 Å². The van der Waals surface area contributed by atoms with E-state index in [1.807, 2.05) is 0 Å². The van der Waals surface area contributed by atoms with Gasteiger partial charge in [0.1, 0.15) is 17.6 Å². The first-order valence-corrected chi connectivity index (χ1v) is 7.36. The predicted octanol–water partition coefficient (Wildman–Crippen LogP) is 4.08. The van der Waals surface area contributed by atoms with Crippen molar-refractivity contribution in [3.05, 3.63) is 38.5 Å². The summed E-state index contributed by atoms with van der Waals surface area (Å²) in [5.41, 5.74) is 0.625. The molecule has 104 valence electrons. The molecule has 0 spiro atoms. The Morgan fingerprint density at radius 3 is 2.60 bits per heavy atom. The number of rotatable bonds is 2. The number of amides is 1. The fraction of sp³-hybridized carbons (Fsp3) is 0.154. The van der Waals surface area contributed by atoms with Crippen LogP contribution in [0.25, 0.3) is 0 Å². The van der Waals surface area contributed by atoms with E-state index in [0.717, 1.165) is 11.3 Å². The zero-order chi connectivity index (χ0) is 14.1. The first-order chi connectivity index (χ1) is 9.63. The van der Waals surface area contributed by atoms with Crippen LogP contribution in [0.15, 0.2) is 24.3 Å². The fourth-order valence-corrected chi connectivity index (χ4v) is 3.04. The Balaban J connectivity index is 1.79. The van der Waals surface area contributed by atoms with Crippen molar-refractivity contribution in [3.63, 3.8) is 0 Å². The fourth-order valence-electron chi connectivity index (χ4n) is 1.77. The van der Waals surface area contributed by atoms with Gasteiger partial charge in [-0.3, -0.25) is 4.79 Å². The van der Waals surface area contributed by atoms with Crippen LogP contribution in [0.5, 0.6) is 11.5 Å². The summed E-state index contributed by atoms with van der Waals surface area (Å²) < 4.78 is 11.3. The molecule has 7 heteroatoms. The van der Waals surface area contributed by atoms with Crippen molar-refractivity contribution in [2.45, 2.75) is 0 Å². The average Bonchev–Trinajstić information content (AvgIpc) is 2.79. The highest BCUT2D eigenvalue weighted by Crippen LogP contribution is 2.34. The predicted molar refractivity (Wildman–Crippen MR) is 79.7 cm³/mol. The van der Waals surface area contributed by atoms with Gasteiger partial charge in [-0.2, -0.15) is 0 Å². The number of ether oxygens (including phenoxy) is 2. The third-order valence-corrected chi connectivity index (χ3v) is 4.53. The third kappa shape index (κ3) is 2.70. The number of halogens is 2. The van der Waals surface area contributed by atoms with E-state index in [2.05, 4.69) is 5.32 Å². The van der Waals surface area contributed by atoms with Gasteiger partial charge in [0.05, 0.1) is 9.90 Å². The lowest BCUT2D eigenvalue weighted by Gasteiger charge is -2.18. The largest absolute Gasteiger partial charge is 0.486 e. The maximum absolute atomic E-state index is 12.1. The van der Waals surface area contributed by atoms with Gasteiger partial charge in [-0.05, 0) is 18.2 Å². The highest BCUT2D eigenvalue weighted by atomic mass is 35.5. The quantitative estimate of drug-likeness (QED) is 0.903. The summed E-state index contributed by atoms with van der Waals surface area (Å²) in [6, 6.07) is 6.78. The number of carbonyl (C=O) groups is 1. The van der Waals surface area contributed by atoms with E-state index in [4.69, 9.17) is 32.7 Å². The molecule has 2 heterocycles. The smallest absolute Gasteiger partial charge is 0.265 e. The Morgan fingerprint density at radius 1 is 1.15 bits per heavy atom. The Hall–Kier alpha value is -1.43. The van der Waals surface area contributed by atoms with E-state index in [-0.39, 0.29) is 5.91 Å². The maximum atomic E-state index is 12.1. The van der Waals surface area contributed by atoms with Gasteiger partial charge in [0, 0.05) is 11.8 Å². The summed E-state index contributed by atoms with van der Waals surface area (Å²) >= 11 is 12.8. The number of hydrogen-bond acceptors (Lipinski definition) is 4. The molecule has 4 nitrogen and oxygen atoms in total. The lowest BCUT2D eigenvalue weighted by atomic mass is 10.2. The van der Waals surface area contributed by atoms with E-state index < -0.39 is 0 Å². The maximum Gasteiger partial charge on any atom is 0.265 e. The molecule has 0 saturated carbocycles. The minimum absolute atomic E-state index is 0.263. The second-order valence-electron chi connectivity index (χ2n) is 4.04. The van der Waals surface area contributed by atoms with E-state index >= 15 is 0 Å². The highest BCUT2D eigenvalue weighted by molar-refractivity contribution is 7.18. The number of thiophene rings is 1. The zero-order valence-corrected chi connectivity index (χ0v) is 12.4. The summed E-state index contributed by atoms with van der Waals surface area (Å²) in [7, 11) is 0. The molecule has 0 unspecified atom stereocenters. The van der Waals surface area contributed by atoms with Gasteiger partial charge in [-0.1, -0.05) is 23.2 Å². The van der Waals surface area contributed by atoms with Gasteiger partial charge < -0.3 is 14.8 Å². The van der Waals surface area contributed by atoms with Crippen molar-refractivity contribution in [3.8, 4) is 11.5 Å². The van der Waals surface area contributed by atoms with Crippen LogP contribution in [0.1, 0.15) is 9.67 Å². The Bertz CT molecular complexity index is 652. The van der Waals surface area contributed by atoms with Crippen LogP contribution in [0.2, 0.25) is 9.36 Å². The minimum Gasteiger partial charge on any atom is -0.486 e. The lowest BCUT2D eigenvalue weighted by Crippen LogP contribution is -2.16. The lowest BCUT2D eigenvalue weighted by molar-refractivity contribution is 0.103. The van der Waals surface area contributed by atoms with Gasteiger partial charge in [0.15, 0.2) is 11.5 Å². The molecule has 0 atom stereocenters. The molecule has 1 aromatic carbocycles. The molecule has 1 aliphatic rings. The highest BCUT2D eigenvalue weighted by Gasteiger charge is 2.15. The van der Waals surface area contributed by atoms with Crippen LogP contribution in [0, 0.1) is 0 Å². The van der Waals surface area contributed by atoms with Crippen LogP contribution >= 0.6 is 34.5 Å². The summed E-state index contributed by atoms with van der Waals surface area (Å²) in [4.78, 5) is 12.5. The third-order valence-electron chi connectivity index (χ3n) is 2.67. The van der Waals surface area contributed by atoms with Crippen LogP contribution < -0.4 is 14.8 Å². The summed E-state index contributed by atoms with van der Waals surface area (Å²) in [5, 5.41) is 3.15. The molecule has 3 rings (SSSR count). The molecule has 1 aromatic heterocycles. The molecular formula is C13H9Cl2NO3S. The first-order valence-electron chi connectivity index (χ1n) is 5.79. The first kappa shape index (κ1) is 13.5. The molecule has 0 saturated heterocycles. The number of hydrogen-bond donors (Lipinski definition) is 1. The molecule has 1 N–H and O–H groups in total. The zero-order valence-electron chi connectivity index (χ0n) is 10.1. The standard InChI is InChI=1S/C13H9Cl2NO3S/c14-8-6-11(20-12(8)15)13(17)16-7-1-2-9-10(5-7)19-4-3-18-9/h1-2,5-6H,3-4H2,(H,16,17). The molecule has 1 aliphatic heterocycles. The van der Waals surface area contributed by atoms with Crippen LogP contribution in [-0.4, -0.2) is 19.1 Å². The average molecular weight is 330 g/mol. The van der Waals surface area contributed by atoms with E-state index in [1.54, 1.807) is 24.3 Å². The molecule has 2 aromatic rings. The monoisotopic (exact) mass is 329 g/mol. The van der Waals surface area contributed by atoms with Crippen molar-refractivity contribution >= 4 is 46.1 Å². The molecule has 0 fully saturated rings. The number of fused-ring (bicyclic) bond motifs is 1. The van der Waals surface area contributed by atoms with Gasteiger partial charge in [-0.15, -0.1) is 11.3 Å². The summed E-state index contributed by atoms with van der Waals surface area (Å²) in [6.07, 6.45) is 0. The topological polar surface area (TPSA) is 47.6 Å². The molecule has 20 heavy (non-hydrogen) atoms. The van der Waals surface area contributed by atoms with Gasteiger partial charge in [-0.25, -0.2) is 0 Å². The van der Waals surface area contributed by atoms with E-state index in [0.29, 0.717) is 44.6 Å². The Morgan fingerprint density at radius 2 is 1.90 bits per heavy atom. The van der Waals surface area contributed by atoms with Crippen LogP contribution in [0.4, 0.5) is 5.69 Å². The molecule has 0 bridgehead atoms. The number of anilines is 1. The number of benzene rings is 1. The second kappa shape index (κ2) is 5.52. The second-order valence-corrected chi connectivity index (χ2v) is 6.11. The van der Waals surface area contributed by atoms with Crippen molar-refractivity contribution < 1.29 is 14.3 Å². The van der Waals surface area contributed by atoms with Gasteiger partial charge >= 0.3 is 0 Å². The Kier molecular flexibility index (Phi) is 3.74. The van der Waals surface area contributed by atoms with E-state index in [1.165, 1.54) is 0 Å². The molecule has 1 amide bonds. The number of carbonyl (C=O) groups excluding carboxylic acids is 1. The van der Waals surface area contributed by atoms with Crippen molar-refractivity contribution in [2.24, 2.45) is 0 Å². The molecule has 0 aliphatic carbocycles. The Labute approximate surface area is 129 Å². The van der Waals surface area contributed by atoms with Gasteiger partial charge in [0.2, 0.25) is 0 Å². The van der Waals surface area contributed by atoms with Crippen LogP contribution in [-0.2, 0) is 0 Å².